The highest BCUT2D eigenvalue weighted by atomic mass is 19.4. The number of Topliss-reactive ketones (excluding diaryl/α,β-unsaturated/α-hetero) is 1. The summed E-state index contributed by atoms with van der Waals surface area (Å²) in [5.41, 5.74) is 4.23. The number of piperazine rings is 1. The van der Waals surface area contributed by atoms with Crippen molar-refractivity contribution in [3.8, 4) is 0 Å². The normalized spacial score (nSPS) is 16.8. The second-order valence-corrected chi connectivity index (χ2v) is 8.02. The molecule has 3 rings (SSSR count). The molecule has 2 aromatic rings. The molecule has 0 aliphatic carbocycles. The Kier molecular flexibility index (Phi) is 6.61. The molecule has 0 bridgehead atoms. The Labute approximate surface area is 182 Å². The van der Waals surface area contributed by atoms with Gasteiger partial charge in [0.25, 0.3) is 5.56 Å². The minimum absolute atomic E-state index is 0.168. The molecule has 0 amide bonds. The van der Waals surface area contributed by atoms with E-state index in [0.29, 0.717) is 38.3 Å². The molecule has 2 heterocycles. The van der Waals surface area contributed by atoms with Crippen molar-refractivity contribution < 1.29 is 18.0 Å². The molecule has 8 nitrogen and oxygen atoms in total. The summed E-state index contributed by atoms with van der Waals surface area (Å²) in [5, 5.41) is 0. The number of hydrogen-bond donors (Lipinski definition) is 1. The van der Waals surface area contributed by atoms with Crippen molar-refractivity contribution in [2.24, 2.45) is 14.1 Å². The van der Waals surface area contributed by atoms with E-state index in [1.54, 1.807) is 13.0 Å². The van der Waals surface area contributed by atoms with Gasteiger partial charge in [-0.2, -0.15) is 13.2 Å². The predicted molar refractivity (Wildman–Crippen MR) is 113 cm³/mol. The van der Waals surface area contributed by atoms with Gasteiger partial charge in [0.2, 0.25) is 0 Å². The summed E-state index contributed by atoms with van der Waals surface area (Å²) < 4.78 is 40.7. The van der Waals surface area contributed by atoms with Gasteiger partial charge in [-0.05, 0) is 18.6 Å². The van der Waals surface area contributed by atoms with Crippen LogP contribution in [0.2, 0.25) is 0 Å². The van der Waals surface area contributed by atoms with E-state index in [9.17, 15) is 27.6 Å². The van der Waals surface area contributed by atoms with Crippen molar-refractivity contribution in [1.82, 2.24) is 18.9 Å². The van der Waals surface area contributed by atoms with E-state index in [1.165, 1.54) is 20.2 Å². The third-order valence-electron chi connectivity index (χ3n) is 5.95. The first-order valence-electron chi connectivity index (χ1n) is 10.1. The second-order valence-electron chi connectivity index (χ2n) is 8.02. The summed E-state index contributed by atoms with van der Waals surface area (Å²) in [6, 6.07) is 4.61. The van der Waals surface area contributed by atoms with E-state index in [-0.39, 0.29) is 11.4 Å². The minimum atomic E-state index is -4.38. The van der Waals surface area contributed by atoms with Crippen LogP contribution < -0.4 is 17.0 Å². The molecule has 1 aromatic carbocycles. The van der Waals surface area contributed by atoms with Crippen LogP contribution in [-0.2, 0) is 26.8 Å². The highest BCUT2D eigenvalue weighted by Gasteiger charge is 2.32. The number of ketones is 1. The molecule has 1 aromatic heterocycles. The summed E-state index contributed by atoms with van der Waals surface area (Å²) in [5.74, 6) is -0.636. The molecule has 2 N–H and O–H groups in total. The van der Waals surface area contributed by atoms with E-state index >= 15 is 0 Å². The molecule has 1 unspecified atom stereocenters. The molecule has 32 heavy (non-hydrogen) atoms. The van der Waals surface area contributed by atoms with Gasteiger partial charge in [0, 0.05) is 46.8 Å². The number of nitrogens with zero attached hydrogens (tertiary/aromatic N) is 4. The molecular formula is C21H26F3N5O3. The zero-order valence-electron chi connectivity index (χ0n) is 18.1. The maximum atomic E-state index is 13.0. The Morgan fingerprint density at radius 2 is 1.72 bits per heavy atom. The first-order chi connectivity index (χ1) is 14.9. The lowest BCUT2D eigenvalue weighted by Crippen LogP contribution is -2.52. The summed E-state index contributed by atoms with van der Waals surface area (Å²) in [7, 11) is 2.68. The molecular weight excluding hydrogens is 427 g/mol. The van der Waals surface area contributed by atoms with Gasteiger partial charge in [-0.25, -0.2) is 4.79 Å². The molecule has 11 heteroatoms. The van der Waals surface area contributed by atoms with Gasteiger partial charge < -0.3 is 5.73 Å². The smallest absolute Gasteiger partial charge is 0.384 e. The lowest BCUT2D eigenvalue weighted by molar-refractivity contribution is -0.137. The van der Waals surface area contributed by atoms with Crippen molar-refractivity contribution in [3.05, 3.63) is 61.8 Å². The van der Waals surface area contributed by atoms with Gasteiger partial charge in [0.1, 0.15) is 11.4 Å². The lowest BCUT2D eigenvalue weighted by atomic mass is 10.0. The Morgan fingerprint density at radius 3 is 2.31 bits per heavy atom. The van der Waals surface area contributed by atoms with Crippen LogP contribution in [0.25, 0.3) is 0 Å². The third kappa shape index (κ3) is 4.63. The van der Waals surface area contributed by atoms with Gasteiger partial charge in [0.05, 0.1) is 11.6 Å². The van der Waals surface area contributed by atoms with Crippen LogP contribution in [-0.4, -0.2) is 56.9 Å². The first-order valence-corrected chi connectivity index (χ1v) is 10.1. The maximum Gasteiger partial charge on any atom is 0.416 e. The highest BCUT2D eigenvalue weighted by molar-refractivity contribution is 6.03. The van der Waals surface area contributed by atoms with Crippen LogP contribution in [0.3, 0.4) is 0 Å². The number of nitrogens with two attached hydrogens (primary N) is 1. The van der Waals surface area contributed by atoms with Crippen LogP contribution >= 0.6 is 0 Å². The zero-order valence-corrected chi connectivity index (χ0v) is 18.1. The third-order valence-corrected chi connectivity index (χ3v) is 5.95. The van der Waals surface area contributed by atoms with Crippen molar-refractivity contribution in [3.63, 3.8) is 0 Å². The summed E-state index contributed by atoms with van der Waals surface area (Å²) in [6.07, 6.45) is -4.38. The Hall–Kier alpha value is -2.92. The Morgan fingerprint density at radius 1 is 1.09 bits per heavy atom. The summed E-state index contributed by atoms with van der Waals surface area (Å²) in [6.45, 7) is 4.14. The van der Waals surface area contributed by atoms with Crippen molar-refractivity contribution >= 4 is 11.6 Å². The molecule has 1 fully saturated rings. The molecule has 1 aliphatic rings. The van der Waals surface area contributed by atoms with Gasteiger partial charge in [0.15, 0.2) is 5.78 Å². The summed E-state index contributed by atoms with van der Waals surface area (Å²) in [4.78, 5) is 41.4. The Balaban J connectivity index is 1.68. The minimum Gasteiger partial charge on any atom is -0.384 e. The van der Waals surface area contributed by atoms with Crippen LogP contribution in [0.1, 0.15) is 28.4 Å². The average Bonchev–Trinajstić information content (AvgIpc) is 2.76. The fourth-order valence-electron chi connectivity index (χ4n) is 3.88. The number of aromatic nitrogens is 2. The topological polar surface area (TPSA) is 93.6 Å². The zero-order chi connectivity index (χ0) is 23.8. The number of carbonyl (C=O) groups excluding carboxylic acids is 1. The number of hydrogen-bond acceptors (Lipinski definition) is 6. The molecule has 1 atom stereocenters. The molecule has 1 aliphatic heterocycles. The van der Waals surface area contributed by atoms with E-state index in [1.807, 2.05) is 9.80 Å². The van der Waals surface area contributed by atoms with Gasteiger partial charge in [-0.1, -0.05) is 18.2 Å². The quantitative estimate of drug-likeness (QED) is 0.681. The largest absolute Gasteiger partial charge is 0.416 e. The monoisotopic (exact) mass is 453 g/mol. The van der Waals surface area contributed by atoms with Crippen LogP contribution in [0.4, 0.5) is 19.0 Å². The molecule has 174 valence electrons. The average molecular weight is 453 g/mol. The Bertz CT molecular complexity index is 1130. The number of nitrogen functional groups attached to an aromatic ring is 1. The highest BCUT2D eigenvalue weighted by Crippen LogP contribution is 2.29. The molecule has 0 spiro atoms. The number of carbonyl (C=O) groups is 1. The second kappa shape index (κ2) is 8.91. The number of benzene rings is 1. The summed E-state index contributed by atoms with van der Waals surface area (Å²) >= 11 is 0. The van der Waals surface area contributed by atoms with Gasteiger partial charge >= 0.3 is 11.9 Å². The van der Waals surface area contributed by atoms with Crippen LogP contribution in [0, 0.1) is 0 Å². The van der Waals surface area contributed by atoms with E-state index in [0.717, 1.165) is 21.3 Å². The van der Waals surface area contributed by atoms with Crippen molar-refractivity contribution in [2.45, 2.75) is 25.7 Å². The lowest BCUT2D eigenvalue weighted by Gasteiger charge is -2.37. The van der Waals surface area contributed by atoms with E-state index in [2.05, 4.69) is 0 Å². The SMILES string of the molecule is CC(C(=O)c1c(N)n(C)c(=O)n(C)c1=O)N1CCN(Cc2cccc(C(F)(F)F)c2)CC1. The predicted octanol–water partition coefficient (Wildman–Crippen LogP) is 1.07. The fourth-order valence-corrected chi connectivity index (χ4v) is 3.88. The van der Waals surface area contributed by atoms with E-state index < -0.39 is 34.8 Å². The molecule has 1 saturated heterocycles. The van der Waals surface area contributed by atoms with Gasteiger partial charge in [-0.3, -0.25) is 28.5 Å². The van der Waals surface area contributed by atoms with Gasteiger partial charge in [-0.15, -0.1) is 0 Å². The molecule has 0 radical (unpaired) electrons. The van der Waals surface area contributed by atoms with Crippen LogP contribution in [0.5, 0.6) is 0 Å². The fraction of sp³-hybridized carbons (Fsp3) is 0.476. The number of anilines is 1. The maximum absolute atomic E-state index is 13.0. The van der Waals surface area contributed by atoms with Crippen molar-refractivity contribution in [2.75, 3.05) is 31.9 Å². The number of rotatable bonds is 5. The van der Waals surface area contributed by atoms with E-state index in [4.69, 9.17) is 5.73 Å². The number of halogens is 3. The standard InChI is InChI=1S/C21H26F3N5O3/c1-13(17(30)16-18(25)26(2)20(32)27(3)19(16)31)29-9-7-28(8-10-29)12-14-5-4-6-15(11-14)21(22,23)24/h4-6,11,13H,7-10,12,25H2,1-3H3. The first kappa shape index (κ1) is 23.7. The van der Waals surface area contributed by atoms with Crippen molar-refractivity contribution in [1.29, 1.82) is 0 Å². The molecule has 0 saturated carbocycles. The number of alkyl halides is 3. The van der Waals surface area contributed by atoms with Crippen LogP contribution in [0.15, 0.2) is 33.9 Å².